The Morgan fingerprint density at radius 1 is 1.50 bits per heavy atom. The molecule has 1 rings (SSSR count). The topological polar surface area (TPSA) is 75.4 Å². The standard InChI is InChI=1S/C10H19N3O2.ClH/c1-6(2)13-5-4-8(10(13)15)12-9(14)7(3)11;/h6-8H,4-5,11H2,1-3H3,(H,12,14);1H. The molecule has 3 N–H and O–H groups in total. The molecular weight excluding hydrogens is 230 g/mol. The van der Waals surface area contributed by atoms with Gasteiger partial charge in [-0.2, -0.15) is 0 Å². The number of carbonyl (C=O) groups excluding carboxylic acids is 2. The smallest absolute Gasteiger partial charge is 0.245 e. The van der Waals surface area contributed by atoms with E-state index in [-0.39, 0.29) is 36.3 Å². The Hall–Kier alpha value is -0.810. The van der Waals surface area contributed by atoms with Gasteiger partial charge in [-0.15, -0.1) is 12.4 Å². The van der Waals surface area contributed by atoms with Crippen molar-refractivity contribution >= 4 is 24.2 Å². The lowest BCUT2D eigenvalue weighted by Gasteiger charge is -2.21. The van der Waals surface area contributed by atoms with Crippen molar-refractivity contribution in [3.05, 3.63) is 0 Å². The third-order valence-electron chi connectivity index (χ3n) is 2.59. The Labute approximate surface area is 102 Å². The maximum atomic E-state index is 11.8. The van der Waals surface area contributed by atoms with Gasteiger partial charge in [0.2, 0.25) is 11.8 Å². The molecule has 0 spiro atoms. The van der Waals surface area contributed by atoms with Gasteiger partial charge in [0.05, 0.1) is 6.04 Å². The van der Waals surface area contributed by atoms with Gasteiger partial charge in [-0.05, 0) is 27.2 Å². The highest BCUT2D eigenvalue weighted by atomic mass is 35.5. The number of rotatable bonds is 3. The van der Waals surface area contributed by atoms with E-state index < -0.39 is 6.04 Å². The van der Waals surface area contributed by atoms with Crippen LogP contribution >= 0.6 is 12.4 Å². The number of nitrogens with two attached hydrogens (primary N) is 1. The first-order valence-corrected chi connectivity index (χ1v) is 5.30. The molecule has 2 amide bonds. The lowest BCUT2D eigenvalue weighted by Crippen LogP contribution is -2.48. The normalized spacial score (nSPS) is 21.9. The second-order valence-electron chi connectivity index (χ2n) is 4.26. The number of halogens is 1. The quantitative estimate of drug-likeness (QED) is 0.732. The fourth-order valence-corrected chi connectivity index (χ4v) is 1.65. The molecule has 94 valence electrons. The number of nitrogens with one attached hydrogen (secondary N) is 1. The van der Waals surface area contributed by atoms with E-state index in [0.717, 1.165) is 0 Å². The predicted molar refractivity (Wildman–Crippen MR) is 64.3 cm³/mol. The van der Waals surface area contributed by atoms with Crippen molar-refractivity contribution in [1.29, 1.82) is 0 Å². The van der Waals surface area contributed by atoms with Crippen LogP contribution in [0.1, 0.15) is 27.2 Å². The summed E-state index contributed by atoms with van der Waals surface area (Å²) in [6, 6.07) is -0.758. The molecule has 0 radical (unpaired) electrons. The van der Waals surface area contributed by atoms with Crippen LogP contribution in [-0.2, 0) is 9.59 Å². The number of hydrogen-bond acceptors (Lipinski definition) is 3. The van der Waals surface area contributed by atoms with Crippen molar-refractivity contribution in [2.45, 2.75) is 45.3 Å². The zero-order valence-corrected chi connectivity index (χ0v) is 10.7. The minimum absolute atomic E-state index is 0. The molecule has 6 heteroatoms. The molecule has 1 fully saturated rings. The largest absolute Gasteiger partial charge is 0.343 e. The summed E-state index contributed by atoms with van der Waals surface area (Å²) in [5, 5.41) is 2.66. The molecule has 0 bridgehead atoms. The van der Waals surface area contributed by atoms with Crippen molar-refractivity contribution in [2.24, 2.45) is 5.73 Å². The molecule has 1 aliphatic rings. The highest BCUT2D eigenvalue weighted by Gasteiger charge is 2.34. The number of nitrogens with zero attached hydrogens (tertiary/aromatic N) is 1. The maximum absolute atomic E-state index is 11.8. The van der Waals surface area contributed by atoms with E-state index in [1.807, 2.05) is 13.8 Å². The van der Waals surface area contributed by atoms with Gasteiger partial charge >= 0.3 is 0 Å². The van der Waals surface area contributed by atoms with Crippen LogP contribution in [0, 0.1) is 0 Å². The Balaban J connectivity index is 0.00000225. The zero-order valence-electron chi connectivity index (χ0n) is 9.90. The van der Waals surface area contributed by atoms with Gasteiger partial charge < -0.3 is 16.0 Å². The van der Waals surface area contributed by atoms with Crippen molar-refractivity contribution in [3.63, 3.8) is 0 Å². The van der Waals surface area contributed by atoms with E-state index in [1.165, 1.54) is 0 Å². The molecule has 2 unspecified atom stereocenters. The van der Waals surface area contributed by atoms with E-state index in [0.29, 0.717) is 13.0 Å². The Morgan fingerprint density at radius 3 is 2.44 bits per heavy atom. The van der Waals surface area contributed by atoms with E-state index in [2.05, 4.69) is 5.32 Å². The average molecular weight is 250 g/mol. The number of likely N-dealkylation sites (tertiary alicyclic amines) is 1. The highest BCUT2D eigenvalue weighted by molar-refractivity contribution is 5.90. The van der Waals surface area contributed by atoms with Gasteiger partial charge in [0.25, 0.3) is 0 Å². The van der Waals surface area contributed by atoms with Crippen LogP contribution in [-0.4, -0.2) is 41.4 Å². The molecule has 16 heavy (non-hydrogen) atoms. The summed E-state index contributed by atoms with van der Waals surface area (Å²) < 4.78 is 0. The predicted octanol–water partition coefficient (Wildman–Crippen LogP) is -0.119. The van der Waals surface area contributed by atoms with Crippen LogP contribution < -0.4 is 11.1 Å². The summed E-state index contributed by atoms with van der Waals surface area (Å²) in [6.07, 6.45) is 0.676. The minimum Gasteiger partial charge on any atom is -0.343 e. The Bertz CT molecular complexity index is 269. The van der Waals surface area contributed by atoms with Crippen LogP contribution in [0.5, 0.6) is 0 Å². The second-order valence-corrected chi connectivity index (χ2v) is 4.26. The van der Waals surface area contributed by atoms with Gasteiger partial charge in [0.15, 0.2) is 0 Å². The van der Waals surface area contributed by atoms with Crippen molar-refractivity contribution < 1.29 is 9.59 Å². The van der Waals surface area contributed by atoms with Crippen molar-refractivity contribution in [1.82, 2.24) is 10.2 Å². The molecule has 0 saturated carbocycles. The van der Waals surface area contributed by atoms with Crippen LogP contribution in [0.2, 0.25) is 0 Å². The Morgan fingerprint density at radius 2 is 2.06 bits per heavy atom. The number of hydrogen-bond donors (Lipinski definition) is 2. The lowest BCUT2D eigenvalue weighted by molar-refractivity contribution is -0.133. The molecule has 1 saturated heterocycles. The molecule has 0 aromatic rings. The maximum Gasteiger partial charge on any atom is 0.245 e. The van der Waals surface area contributed by atoms with Crippen LogP contribution in [0.3, 0.4) is 0 Å². The van der Waals surface area contributed by atoms with Gasteiger partial charge in [-0.1, -0.05) is 0 Å². The molecule has 0 aliphatic carbocycles. The van der Waals surface area contributed by atoms with E-state index >= 15 is 0 Å². The van der Waals surface area contributed by atoms with E-state index in [4.69, 9.17) is 5.73 Å². The third-order valence-corrected chi connectivity index (χ3v) is 2.59. The van der Waals surface area contributed by atoms with Gasteiger partial charge in [-0.25, -0.2) is 0 Å². The van der Waals surface area contributed by atoms with E-state index in [1.54, 1.807) is 11.8 Å². The number of carbonyl (C=O) groups is 2. The summed E-state index contributed by atoms with van der Waals surface area (Å²) in [6.45, 7) is 6.25. The molecular formula is C10H20ClN3O2. The third kappa shape index (κ3) is 3.35. The van der Waals surface area contributed by atoms with E-state index in [9.17, 15) is 9.59 Å². The summed E-state index contributed by atoms with van der Waals surface area (Å²) in [4.78, 5) is 24.9. The minimum atomic E-state index is -0.564. The molecule has 1 aliphatic heterocycles. The van der Waals surface area contributed by atoms with Crippen molar-refractivity contribution in [3.8, 4) is 0 Å². The fraction of sp³-hybridized carbons (Fsp3) is 0.800. The Kier molecular flexibility index (Phi) is 5.75. The zero-order chi connectivity index (χ0) is 11.6. The van der Waals surface area contributed by atoms with Crippen LogP contribution in [0.15, 0.2) is 0 Å². The molecule has 1 heterocycles. The first-order valence-electron chi connectivity index (χ1n) is 5.30. The summed E-state index contributed by atoms with van der Waals surface area (Å²) in [7, 11) is 0. The summed E-state index contributed by atoms with van der Waals surface area (Å²) in [5.41, 5.74) is 5.42. The number of amides is 2. The van der Waals surface area contributed by atoms with Gasteiger partial charge in [-0.3, -0.25) is 9.59 Å². The fourth-order valence-electron chi connectivity index (χ4n) is 1.65. The summed E-state index contributed by atoms with van der Waals surface area (Å²) in [5.74, 6) is -0.266. The van der Waals surface area contributed by atoms with Crippen LogP contribution in [0.4, 0.5) is 0 Å². The molecule has 2 atom stereocenters. The SMILES string of the molecule is CC(N)C(=O)NC1CCN(C(C)C)C1=O.Cl. The molecule has 0 aromatic carbocycles. The van der Waals surface area contributed by atoms with Gasteiger partial charge in [0.1, 0.15) is 6.04 Å². The highest BCUT2D eigenvalue weighted by Crippen LogP contribution is 2.14. The summed E-state index contributed by atoms with van der Waals surface area (Å²) >= 11 is 0. The molecule has 5 nitrogen and oxygen atoms in total. The molecule has 0 aromatic heterocycles. The second kappa shape index (κ2) is 6.06. The lowest BCUT2D eigenvalue weighted by atomic mass is 10.2. The average Bonchev–Trinajstić information content (AvgIpc) is 2.48. The monoisotopic (exact) mass is 249 g/mol. The van der Waals surface area contributed by atoms with Crippen LogP contribution in [0.25, 0.3) is 0 Å². The first kappa shape index (κ1) is 15.2. The first-order chi connectivity index (χ1) is 6.93. The van der Waals surface area contributed by atoms with Crippen molar-refractivity contribution in [2.75, 3.05) is 6.54 Å². The van der Waals surface area contributed by atoms with Gasteiger partial charge in [0, 0.05) is 12.6 Å².